The Kier molecular flexibility index (Phi) is 6.83. The molecule has 1 aromatic heterocycles. The molecule has 140 valence electrons. The van der Waals surface area contributed by atoms with E-state index in [4.69, 9.17) is 0 Å². The van der Waals surface area contributed by atoms with Crippen molar-refractivity contribution in [2.24, 2.45) is 0 Å². The summed E-state index contributed by atoms with van der Waals surface area (Å²) in [5, 5.41) is 8.72. The van der Waals surface area contributed by atoms with Crippen molar-refractivity contribution in [3.05, 3.63) is 45.9 Å². The van der Waals surface area contributed by atoms with Gasteiger partial charge >= 0.3 is 0 Å². The van der Waals surface area contributed by atoms with E-state index in [2.05, 4.69) is 15.6 Å². The molecule has 1 unspecified atom stereocenters. The van der Waals surface area contributed by atoms with Crippen LogP contribution in [0.5, 0.6) is 0 Å². The summed E-state index contributed by atoms with van der Waals surface area (Å²) in [5.74, 6) is 0.252. The Bertz CT molecular complexity index is 781. The minimum Gasteiger partial charge on any atom is -0.350 e. The largest absolute Gasteiger partial charge is 0.350 e. The molecule has 7 heteroatoms. The smallest absolute Gasteiger partial charge is 0.253 e. The van der Waals surface area contributed by atoms with E-state index in [-0.39, 0.29) is 17.4 Å². The molecule has 0 aliphatic carbocycles. The van der Waals surface area contributed by atoms with Crippen LogP contribution in [-0.2, 0) is 10.5 Å². The van der Waals surface area contributed by atoms with Crippen LogP contribution in [0, 0.1) is 6.92 Å². The summed E-state index contributed by atoms with van der Waals surface area (Å²) in [4.78, 5) is 30.2. The van der Waals surface area contributed by atoms with Crippen molar-refractivity contribution >= 4 is 34.9 Å². The van der Waals surface area contributed by atoms with E-state index >= 15 is 0 Å². The zero-order valence-electron chi connectivity index (χ0n) is 15.8. The second-order valence-electron chi connectivity index (χ2n) is 7.08. The van der Waals surface area contributed by atoms with Gasteiger partial charge in [-0.2, -0.15) is 0 Å². The van der Waals surface area contributed by atoms with Gasteiger partial charge in [0.25, 0.3) is 5.91 Å². The monoisotopic (exact) mass is 391 g/mol. The molecule has 1 aromatic carbocycles. The molecule has 0 radical (unpaired) electrons. The fraction of sp³-hybridized carbons (Fsp3) is 0.421. The fourth-order valence-corrected chi connectivity index (χ4v) is 3.88. The first-order valence-corrected chi connectivity index (χ1v) is 10.3. The van der Waals surface area contributed by atoms with Gasteiger partial charge in [-0.05, 0) is 46.8 Å². The van der Waals surface area contributed by atoms with Crippen molar-refractivity contribution in [1.29, 1.82) is 0 Å². The average molecular weight is 392 g/mol. The molecule has 5 nitrogen and oxygen atoms in total. The lowest BCUT2D eigenvalue weighted by atomic mass is 10.1. The number of hydrogen-bond donors (Lipinski definition) is 2. The molecule has 2 N–H and O–H groups in total. The Morgan fingerprint density at radius 1 is 1.27 bits per heavy atom. The minimum atomic E-state index is -0.610. The maximum absolute atomic E-state index is 12.6. The van der Waals surface area contributed by atoms with Gasteiger partial charge in [-0.1, -0.05) is 12.1 Å². The van der Waals surface area contributed by atoms with Crippen molar-refractivity contribution in [3.63, 3.8) is 0 Å². The first-order chi connectivity index (χ1) is 12.2. The van der Waals surface area contributed by atoms with Gasteiger partial charge in [-0.3, -0.25) is 9.59 Å². The molecular weight excluding hydrogens is 366 g/mol. The zero-order valence-corrected chi connectivity index (χ0v) is 17.4. The molecule has 1 heterocycles. The van der Waals surface area contributed by atoms with Crippen LogP contribution in [0.4, 0.5) is 0 Å². The lowest BCUT2D eigenvalue weighted by molar-refractivity contribution is -0.124. The van der Waals surface area contributed by atoms with E-state index in [9.17, 15) is 9.59 Å². The van der Waals surface area contributed by atoms with Crippen LogP contribution in [0.25, 0.3) is 0 Å². The highest BCUT2D eigenvalue weighted by molar-refractivity contribution is 7.98. The molecule has 1 atom stereocenters. The van der Waals surface area contributed by atoms with Crippen LogP contribution in [0.1, 0.15) is 48.8 Å². The van der Waals surface area contributed by atoms with Gasteiger partial charge in [-0.25, -0.2) is 4.98 Å². The Morgan fingerprint density at radius 3 is 2.58 bits per heavy atom. The highest BCUT2D eigenvalue weighted by Crippen LogP contribution is 2.26. The Hall–Kier alpha value is -1.86. The fourth-order valence-electron chi connectivity index (χ4n) is 2.22. The third-order valence-electron chi connectivity index (χ3n) is 3.41. The molecular formula is C19H25N3O2S2. The molecule has 0 spiro atoms. The van der Waals surface area contributed by atoms with E-state index in [1.165, 1.54) is 0 Å². The summed E-state index contributed by atoms with van der Waals surface area (Å²) >= 11 is 3.19. The van der Waals surface area contributed by atoms with E-state index in [1.807, 2.05) is 51.3 Å². The number of amides is 2. The van der Waals surface area contributed by atoms with Gasteiger partial charge in [0.05, 0.1) is 16.3 Å². The number of aryl methyl sites for hydroxylation is 1. The molecule has 26 heavy (non-hydrogen) atoms. The zero-order chi connectivity index (χ0) is 19.3. The average Bonchev–Trinajstić information content (AvgIpc) is 2.97. The number of nitrogens with zero attached hydrogens (tertiary/aromatic N) is 1. The summed E-state index contributed by atoms with van der Waals surface area (Å²) in [7, 11) is 0. The molecule has 0 fully saturated rings. The SMILES string of the molecule is Cc1nc(CSc2ccccc2C(=O)NC(C)C(=O)NC(C)(C)C)cs1. The highest BCUT2D eigenvalue weighted by Gasteiger charge is 2.22. The van der Waals surface area contributed by atoms with Gasteiger partial charge in [0, 0.05) is 21.6 Å². The first-order valence-electron chi connectivity index (χ1n) is 8.41. The van der Waals surface area contributed by atoms with Crippen LogP contribution < -0.4 is 10.6 Å². The second-order valence-corrected chi connectivity index (χ2v) is 9.16. The van der Waals surface area contributed by atoms with Crippen molar-refractivity contribution in [2.45, 2.75) is 56.8 Å². The number of nitrogens with one attached hydrogen (secondary N) is 2. The van der Waals surface area contributed by atoms with E-state index in [0.29, 0.717) is 11.3 Å². The van der Waals surface area contributed by atoms with Crippen LogP contribution >= 0.6 is 23.1 Å². The number of carbonyl (C=O) groups excluding carboxylic acids is 2. The lowest BCUT2D eigenvalue weighted by Gasteiger charge is -2.23. The third-order valence-corrected chi connectivity index (χ3v) is 5.34. The third kappa shape index (κ3) is 6.14. The van der Waals surface area contributed by atoms with Gasteiger partial charge < -0.3 is 10.6 Å². The van der Waals surface area contributed by atoms with Crippen LogP contribution in [0.15, 0.2) is 34.5 Å². The molecule has 0 bridgehead atoms. The van der Waals surface area contributed by atoms with Gasteiger partial charge in [0.15, 0.2) is 0 Å². The van der Waals surface area contributed by atoms with E-state index in [0.717, 1.165) is 15.6 Å². The molecule has 2 amide bonds. The summed E-state index contributed by atoms with van der Waals surface area (Å²) in [6.07, 6.45) is 0. The molecule has 0 aliphatic rings. The van der Waals surface area contributed by atoms with Crippen molar-refractivity contribution in [3.8, 4) is 0 Å². The Labute approximate surface area is 163 Å². The number of aromatic nitrogens is 1. The molecule has 2 rings (SSSR count). The maximum Gasteiger partial charge on any atom is 0.253 e. The topological polar surface area (TPSA) is 71.1 Å². The molecule has 0 saturated carbocycles. The van der Waals surface area contributed by atoms with Crippen molar-refractivity contribution in [1.82, 2.24) is 15.6 Å². The molecule has 2 aromatic rings. The van der Waals surface area contributed by atoms with Gasteiger partial charge in [0.1, 0.15) is 6.04 Å². The number of benzene rings is 1. The summed E-state index contributed by atoms with van der Waals surface area (Å²) in [6.45, 7) is 9.39. The number of carbonyl (C=O) groups is 2. The summed E-state index contributed by atoms with van der Waals surface area (Å²) < 4.78 is 0. The quantitative estimate of drug-likeness (QED) is 0.735. The van der Waals surface area contributed by atoms with Gasteiger partial charge in [-0.15, -0.1) is 23.1 Å². The van der Waals surface area contributed by atoms with Crippen LogP contribution in [-0.4, -0.2) is 28.4 Å². The number of hydrogen-bond acceptors (Lipinski definition) is 5. The normalized spacial score (nSPS) is 12.5. The van der Waals surface area contributed by atoms with E-state index in [1.54, 1.807) is 36.1 Å². The number of rotatable bonds is 6. The summed E-state index contributed by atoms with van der Waals surface area (Å²) in [6, 6.07) is 6.81. The molecule has 0 saturated heterocycles. The maximum atomic E-state index is 12.6. The van der Waals surface area contributed by atoms with Gasteiger partial charge in [0.2, 0.25) is 5.91 Å². The number of thioether (sulfide) groups is 1. The van der Waals surface area contributed by atoms with Crippen LogP contribution in [0.2, 0.25) is 0 Å². The van der Waals surface area contributed by atoms with Crippen LogP contribution in [0.3, 0.4) is 0 Å². The Morgan fingerprint density at radius 2 is 1.96 bits per heavy atom. The lowest BCUT2D eigenvalue weighted by Crippen LogP contribution is -2.50. The predicted molar refractivity (Wildman–Crippen MR) is 108 cm³/mol. The first kappa shape index (κ1) is 20.5. The standard InChI is InChI=1S/C19H25N3O2S2/c1-12(17(23)22-19(3,4)5)20-18(24)15-8-6-7-9-16(15)26-11-14-10-25-13(2)21-14/h6-10,12H,11H2,1-5H3,(H,20,24)(H,22,23). The highest BCUT2D eigenvalue weighted by atomic mass is 32.2. The molecule has 0 aliphatic heterocycles. The number of thiazole rings is 1. The second kappa shape index (κ2) is 8.68. The minimum absolute atomic E-state index is 0.200. The van der Waals surface area contributed by atoms with E-state index < -0.39 is 6.04 Å². The van der Waals surface area contributed by atoms with Crippen molar-refractivity contribution in [2.75, 3.05) is 0 Å². The van der Waals surface area contributed by atoms with Crippen molar-refractivity contribution < 1.29 is 9.59 Å². The Balaban J connectivity index is 2.03. The summed E-state index contributed by atoms with van der Waals surface area (Å²) in [5.41, 5.74) is 1.24. The predicted octanol–water partition coefficient (Wildman–Crippen LogP) is 3.78.